The number of hydrogen-bond acceptors (Lipinski definition) is 3. The molecule has 2 aromatic carbocycles. The predicted molar refractivity (Wildman–Crippen MR) is 116 cm³/mol. The molecule has 2 aromatic rings. The first kappa shape index (κ1) is 20.5. The zero-order valence-corrected chi connectivity index (χ0v) is 18.6. The normalized spacial score (nSPS) is 17.7. The lowest BCUT2D eigenvalue weighted by Gasteiger charge is -2.17. The smallest absolute Gasteiger partial charge is 0.185 e. The molecule has 1 fully saturated rings. The topological polar surface area (TPSA) is 57.5 Å². The molecule has 0 atom stereocenters. The van der Waals surface area contributed by atoms with E-state index in [-0.39, 0.29) is 17.3 Å². The van der Waals surface area contributed by atoms with Crippen LogP contribution in [0.25, 0.3) is 12.2 Å². The predicted octanol–water partition coefficient (Wildman–Crippen LogP) is 7.15. The third-order valence-corrected chi connectivity index (χ3v) is 5.90. The number of phenolic OH excluding ortho intramolecular Hbond substituents is 2. The first-order valence-electron chi connectivity index (χ1n) is 8.08. The quantitative estimate of drug-likeness (QED) is 0.404. The van der Waals surface area contributed by atoms with Crippen LogP contribution >= 0.6 is 55.1 Å². The lowest BCUT2D eigenvalue weighted by Crippen LogP contribution is -2.12. The van der Waals surface area contributed by atoms with Gasteiger partial charge in [0.25, 0.3) is 0 Å². The average molecular weight is 533 g/mol. The number of benzene rings is 2. The maximum Gasteiger partial charge on any atom is 0.185 e. The molecule has 0 unspecified atom stereocenters. The van der Waals surface area contributed by atoms with Crippen LogP contribution in [-0.2, 0) is 4.79 Å². The average Bonchev–Trinajstić information content (AvgIpc) is 2.60. The molecule has 0 bridgehead atoms. The molecule has 140 valence electrons. The fourth-order valence-corrected chi connectivity index (χ4v) is 4.61. The molecule has 1 aliphatic rings. The van der Waals surface area contributed by atoms with Gasteiger partial charge in [-0.15, -0.1) is 0 Å². The SMILES string of the molecule is O=C1/C(=C/c2cc(Cl)cc(Br)c2O)CCC/C1=C\c1cc(Cl)cc(Br)c1O. The Labute approximate surface area is 183 Å². The highest BCUT2D eigenvalue weighted by Crippen LogP contribution is 2.37. The Kier molecular flexibility index (Phi) is 6.36. The lowest BCUT2D eigenvalue weighted by atomic mass is 9.86. The van der Waals surface area contributed by atoms with Crippen LogP contribution in [0.4, 0.5) is 0 Å². The zero-order valence-electron chi connectivity index (χ0n) is 13.9. The highest BCUT2D eigenvalue weighted by Gasteiger charge is 2.22. The van der Waals surface area contributed by atoms with Crippen LogP contribution in [-0.4, -0.2) is 16.0 Å². The minimum Gasteiger partial charge on any atom is -0.506 e. The Morgan fingerprint density at radius 3 is 1.63 bits per heavy atom. The van der Waals surface area contributed by atoms with Gasteiger partial charge < -0.3 is 10.2 Å². The second-order valence-electron chi connectivity index (χ2n) is 6.17. The van der Waals surface area contributed by atoms with Crippen LogP contribution < -0.4 is 0 Å². The van der Waals surface area contributed by atoms with E-state index < -0.39 is 0 Å². The van der Waals surface area contributed by atoms with Crippen molar-refractivity contribution in [2.45, 2.75) is 19.3 Å². The van der Waals surface area contributed by atoms with Gasteiger partial charge in [-0.3, -0.25) is 4.79 Å². The first-order valence-corrected chi connectivity index (χ1v) is 10.4. The maximum absolute atomic E-state index is 12.9. The van der Waals surface area contributed by atoms with E-state index in [0.717, 1.165) is 6.42 Å². The van der Waals surface area contributed by atoms with Crippen molar-refractivity contribution in [2.75, 3.05) is 0 Å². The fourth-order valence-electron chi connectivity index (χ4n) is 2.95. The number of carbonyl (C=O) groups excluding carboxylic acids is 1. The summed E-state index contributed by atoms with van der Waals surface area (Å²) in [5.74, 6) is -0.0494. The van der Waals surface area contributed by atoms with E-state index >= 15 is 0 Å². The van der Waals surface area contributed by atoms with E-state index in [9.17, 15) is 15.0 Å². The number of carbonyl (C=O) groups is 1. The molecular weight excluding hydrogens is 519 g/mol. The largest absolute Gasteiger partial charge is 0.506 e. The molecule has 0 heterocycles. The third kappa shape index (κ3) is 4.60. The summed E-state index contributed by atoms with van der Waals surface area (Å²) < 4.78 is 0.934. The Balaban J connectivity index is 2.00. The van der Waals surface area contributed by atoms with Crippen molar-refractivity contribution < 1.29 is 15.0 Å². The number of phenols is 2. The zero-order chi connectivity index (χ0) is 19.7. The van der Waals surface area contributed by atoms with Gasteiger partial charge in [-0.2, -0.15) is 0 Å². The molecule has 3 nitrogen and oxygen atoms in total. The van der Waals surface area contributed by atoms with E-state index in [1.54, 1.807) is 36.4 Å². The third-order valence-electron chi connectivity index (χ3n) is 4.25. The molecule has 7 heteroatoms. The van der Waals surface area contributed by atoms with Gasteiger partial charge in [0.15, 0.2) is 5.78 Å². The number of allylic oxidation sites excluding steroid dienone is 2. The van der Waals surface area contributed by atoms with E-state index in [4.69, 9.17) is 23.2 Å². The van der Waals surface area contributed by atoms with Gasteiger partial charge in [-0.25, -0.2) is 0 Å². The highest BCUT2D eigenvalue weighted by molar-refractivity contribution is 9.10. The Morgan fingerprint density at radius 1 is 0.815 bits per heavy atom. The van der Waals surface area contributed by atoms with Crippen molar-refractivity contribution in [3.05, 3.63) is 65.5 Å². The highest BCUT2D eigenvalue weighted by atomic mass is 79.9. The molecule has 0 spiro atoms. The second kappa shape index (κ2) is 8.39. The molecule has 0 aromatic heterocycles. The summed E-state index contributed by atoms with van der Waals surface area (Å²) in [6.45, 7) is 0. The van der Waals surface area contributed by atoms with Crippen LogP contribution in [0.3, 0.4) is 0 Å². The second-order valence-corrected chi connectivity index (χ2v) is 8.75. The molecule has 0 aliphatic heterocycles. The Bertz CT molecular complexity index is 920. The van der Waals surface area contributed by atoms with Crippen molar-refractivity contribution in [2.24, 2.45) is 0 Å². The van der Waals surface area contributed by atoms with Crippen molar-refractivity contribution >= 4 is 73.0 Å². The van der Waals surface area contributed by atoms with E-state index in [0.29, 0.717) is 54.1 Å². The number of aromatic hydroxyl groups is 2. The molecular formula is C20H14Br2Cl2O3. The molecule has 3 rings (SSSR count). The van der Waals surface area contributed by atoms with Crippen LogP contribution in [0, 0.1) is 0 Å². The molecule has 0 saturated heterocycles. The molecule has 0 radical (unpaired) electrons. The number of rotatable bonds is 2. The summed E-state index contributed by atoms with van der Waals surface area (Å²) >= 11 is 18.6. The number of Topliss-reactive ketones (excluding diaryl/α,β-unsaturated/α-hetero) is 1. The maximum atomic E-state index is 12.9. The van der Waals surface area contributed by atoms with E-state index in [1.165, 1.54) is 0 Å². The van der Waals surface area contributed by atoms with Crippen LogP contribution in [0.15, 0.2) is 44.4 Å². The van der Waals surface area contributed by atoms with Gasteiger partial charge in [-0.1, -0.05) is 23.2 Å². The van der Waals surface area contributed by atoms with Crippen molar-refractivity contribution in [1.82, 2.24) is 0 Å². The van der Waals surface area contributed by atoms with Crippen molar-refractivity contribution in [3.8, 4) is 11.5 Å². The fraction of sp³-hybridized carbons (Fsp3) is 0.150. The molecule has 0 amide bonds. The Hall–Kier alpha value is -1.27. The first-order chi connectivity index (χ1) is 12.8. The summed E-state index contributed by atoms with van der Waals surface area (Å²) in [6.07, 6.45) is 5.31. The standard InChI is InChI=1S/C20H14Br2Cl2O3/c21-16-8-14(23)6-12(19(16)26)4-10-2-1-3-11(18(10)25)5-13-7-15(24)9-17(22)20(13)27/h4-9,26-27H,1-3H2/b10-4+,11-5+. The van der Waals surface area contributed by atoms with Crippen LogP contribution in [0.1, 0.15) is 30.4 Å². The monoisotopic (exact) mass is 530 g/mol. The van der Waals surface area contributed by atoms with Gasteiger partial charge in [0.2, 0.25) is 0 Å². The minimum atomic E-state index is -0.118. The lowest BCUT2D eigenvalue weighted by molar-refractivity contribution is -0.112. The van der Waals surface area contributed by atoms with Crippen molar-refractivity contribution in [3.63, 3.8) is 0 Å². The molecule has 27 heavy (non-hydrogen) atoms. The number of halogens is 4. The van der Waals surface area contributed by atoms with Crippen molar-refractivity contribution in [1.29, 1.82) is 0 Å². The summed E-state index contributed by atoms with van der Waals surface area (Å²) in [7, 11) is 0. The van der Waals surface area contributed by atoms with Crippen LogP contribution in [0.5, 0.6) is 11.5 Å². The van der Waals surface area contributed by atoms with Gasteiger partial charge in [0, 0.05) is 32.3 Å². The van der Waals surface area contributed by atoms with Gasteiger partial charge in [0.1, 0.15) is 11.5 Å². The minimum absolute atomic E-state index is 0.0345. The van der Waals surface area contributed by atoms with Gasteiger partial charge in [-0.05, 0) is 87.5 Å². The summed E-state index contributed by atoms with van der Waals surface area (Å²) in [6, 6.07) is 6.40. The molecule has 1 saturated carbocycles. The van der Waals surface area contributed by atoms with E-state index in [2.05, 4.69) is 31.9 Å². The Morgan fingerprint density at radius 2 is 1.22 bits per heavy atom. The van der Waals surface area contributed by atoms with Crippen LogP contribution in [0.2, 0.25) is 10.0 Å². The summed E-state index contributed by atoms with van der Waals surface area (Å²) in [5, 5.41) is 21.3. The van der Waals surface area contributed by atoms with E-state index in [1.807, 2.05) is 0 Å². The van der Waals surface area contributed by atoms with Gasteiger partial charge in [0.05, 0.1) is 8.95 Å². The van der Waals surface area contributed by atoms with Gasteiger partial charge >= 0.3 is 0 Å². The number of ketones is 1. The summed E-state index contributed by atoms with van der Waals surface area (Å²) in [4.78, 5) is 12.9. The number of hydrogen-bond donors (Lipinski definition) is 2. The summed E-state index contributed by atoms with van der Waals surface area (Å²) in [5.41, 5.74) is 2.12. The molecule has 2 N–H and O–H groups in total. The molecule has 1 aliphatic carbocycles.